The largest absolute Gasteiger partial charge is 0.345 e. The van der Waals surface area contributed by atoms with Gasteiger partial charge in [-0.25, -0.2) is 9.67 Å². The first-order chi connectivity index (χ1) is 14.0. The summed E-state index contributed by atoms with van der Waals surface area (Å²) < 4.78 is 1.68. The van der Waals surface area contributed by atoms with Crippen LogP contribution in [0.2, 0.25) is 0 Å². The molecule has 29 heavy (non-hydrogen) atoms. The van der Waals surface area contributed by atoms with Crippen LogP contribution in [-0.2, 0) is 4.79 Å². The van der Waals surface area contributed by atoms with Crippen LogP contribution in [0.3, 0.4) is 0 Å². The fraction of sp³-hybridized carbons (Fsp3) is 0.273. The Hall–Kier alpha value is -3.48. The lowest BCUT2D eigenvalue weighted by atomic mass is 10.1. The number of amides is 2. The maximum absolute atomic E-state index is 12.9. The van der Waals surface area contributed by atoms with Crippen LogP contribution >= 0.6 is 0 Å². The molecule has 7 nitrogen and oxygen atoms in total. The van der Waals surface area contributed by atoms with Crippen molar-refractivity contribution in [2.75, 3.05) is 11.9 Å². The van der Waals surface area contributed by atoms with E-state index < -0.39 is 0 Å². The second-order valence-corrected chi connectivity index (χ2v) is 7.32. The number of rotatable bonds is 6. The van der Waals surface area contributed by atoms with Gasteiger partial charge in [-0.05, 0) is 49.6 Å². The summed E-state index contributed by atoms with van der Waals surface area (Å²) in [4.78, 5) is 30.9. The lowest BCUT2D eigenvalue weighted by Crippen LogP contribution is -2.32. The average Bonchev–Trinajstić information content (AvgIpc) is 3.46. The summed E-state index contributed by atoms with van der Waals surface area (Å²) in [5.41, 5.74) is 3.00. The molecule has 0 spiro atoms. The van der Waals surface area contributed by atoms with Gasteiger partial charge in [-0.15, -0.1) is 0 Å². The van der Waals surface area contributed by atoms with Gasteiger partial charge in [0, 0.05) is 13.0 Å². The maximum atomic E-state index is 12.9. The molecular weight excluding hydrogens is 366 g/mol. The second kappa shape index (κ2) is 7.87. The van der Waals surface area contributed by atoms with E-state index in [1.807, 2.05) is 49.4 Å². The molecule has 1 heterocycles. The van der Waals surface area contributed by atoms with E-state index in [0.29, 0.717) is 11.3 Å². The van der Waals surface area contributed by atoms with Crippen LogP contribution < -0.4 is 10.2 Å². The van der Waals surface area contributed by atoms with Crippen LogP contribution in [0, 0.1) is 5.92 Å². The van der Waals surface area contributed by atoms with Gasteiger partial charge in [0.2, 0.25) is 5.91 Å². The molecule has 0 aliphatic heterocycles. The number of nitrogens with one attached hydrogen (secondary N) is 1. The molecule has 1 aliphatic carbocycles. The van der Waals surface area contributed by atoms with E-state index in [9.17, 15) is 9.59 Å². The molecule has 7 heteroatoms. The lowest BCUT2D eigenvalue weighted by Gasteiger charge is -2.22. The van der Waals surface area contributed by atoms with Crippen LogP contribution in [0.5, 0.6) is 0 Å². The number of nitrogens with zero attached hydrogens (tertiary/aromatic N) is 4. The second-order valence-electron chi connectivity index (χ2n) is 7.32. The summed E-state index contributed by atoms with van der Waals surface area (Å²) in [7, 11) is 1.74. The number of benzene rings is 2. The minimum atomic E-state index is -0.205. The SMILES string of the molecule is CC(NC(=O)c1ccccc1N(C)C(=O)C1CC1)c1ccc(-n2cncn2)cc1. The summed E-state index contributed by atoms with van der Waals surface area (Å²) in [6.07, 6.45) is 4.98. The van der Waals surface area contributed by atoms with E-state index in [-0.39, 0.29) is 23.8 Å². The molecule has 3 aromatic rings. The molecule has 2 aromatic carbocycles. The highest BCUT2D eigenvalue weighted by Crippen LogP contribution is 2.33. The molecule has 1 N–H and O–H groups in total. The van der Waals surface area contributed by atoms with Gasteiger partial charge in [-0.3, -0.25) is 9.59 Å². The number of aromatic nitrogens is 3. The van der Waals surface area contributed by atoms with Crippen molar-refractivity contribution in [3.05, 3.63) is 72.3 Å². The smallest absolute Gasteiger partial charge is 0.253 e. The Labute approximate surface area is 169 Å². The Morgan fingerprint density at radius 1 is 1.14 bits per heavy atom. The number of anilines is 1. The van der Waals surface area contributed by atoms with Crippen molar-refractivity contribution in [2.24, 2.45) is 5.92 Å². The van der Waals surface area contributed by atoms with Gasteiger partial charge in [0.15, 0.2) is 0 Å². The van der Waals surface area contributed by atoms with Crippen molar-refractivity contribution in [1.29, 1.82) is 0 Å². The number of hydrogen-bond acceptors (Lipinski definition) is 4. The summed E-state index contributed by atoms with van der Waals surface area (Å²) in [5.74, 6) is -0.0376. The zero-order valence-electron chi connectivity index (χ0n) is 16.4. The first kappa shape index (κ1) is 18.9. The van der Waals surface area contributed by atoms with Gasteiger partial charge in [-0.1, -0.05) is 24.3 Å². The first-order valence-corrected chi connectivity index (χ1v) is 9.67. The zero-order valence-corrected chi connectivity index (χ0v) is 16.4. The van der Waals surface area contributed by atoms with Crippen molar-refractivity contribution in [3.63, 3.8) is 0 Å². The Morgan fingerprint density at radius 3 is 2.52 bits per heavy atom. The van der Waals surface area contributed by atoms with E-state index >= 15 is 0 Å². The van der Waals surface area contributed by atoms with Crippen LogP contribution in [0.1, 0.15) is 41.7 Å². The summed E-state index contributed by atoms with van der Waals surface area (Å²) >= 11 is 0. The van der Waals surface area contributed by atoms with Crippen LogP contribution in [-0.4, -0.2) is 33.6 Å². The molecule has 1 unspecified atom stereocenters. The van der Waals surface area contributed by atoms with Crippen molar-refractivity contribution >= 4 is 17.5 Å². The third-order valence-corrected chi connectivity index (χ3v) is 5.19. The van der Waals surface area contributed by atoms with Gasteiger partial charge in [-0.2, -0.15) is 5.10 Å². The molecule has 1 aromatic heterocycles. The Bertz CT molecular complexity index is 1010. The fourth-order valence-electron chi connectivity index (χ4n) is 3.30. The van der Waals surface area contributed by atoms with Gasteiger partial charge in [0.05, 0.1) is 23.0 Å². The quantitative estimate of drug-likeness (QED) is 0.702. The molecule has 0 radical (unpaired) electrons. The minimum Gasteiger partial charge on any atom is -0.345 e. The van der Waals surface area contributed by atoms with Crippen molar-refractivity contribution < 1.29 is 9.59 Å². The van der Waals surface area contributed by atoms with Crippen LogP contribution in [0.25, 0.3) is 5.69 Å². The highest BCUT2D eigenvalue weighted by Gasteiger charge is 2.33. The maximum Gasteiger partial charge on any atom is 0.253 e. The average molecular weight is 389 g/mol. The standard InChI is InChI=1S/C22H23N5O2/c1-15(16-9-11-18(12-10-16)27-14-23-13-24-27)25-21(28)19-5-3-4-6-20(19)26(2)22(29)17-7-8-17/h3-6,9-15,17H,7-8H2,1-2H3,(H,25,28). The number of carbonyl (C=O) groups is 2. The molecule has 1 aliphatic rings. The minimum absolute atomic E-state index is 0.0713. The summed E-state index contributed by atoms with van der Waals surface area (Å²) in [6.45, 7) is 1.93. The lowest BCUT2D eigenvalue weighted by molar-refractivity contribution is -0.119. The number of hydrogen-bond donors (Lipinski definition) is 1. The zero-order chi connectivity index (χ0) is 20.4. The molecule has 0 bridgehead atoms. The fourth-order valence-corrected chi connectivity index (χ4v) is 3.30. The number of para-hydroxylation sites is 1. The number of carbonyl (C=O) groups excluding carboxylic acids is 2. The van der Waals surface area contributed by atoms with Gasteiger partial charge in [0.1, 0.15) is 12.7 Å². The molecule has 148 valence electrons. The summed E-state index contributed by atoms with van der Waals surface area (Å²) in [6, 6.07) is 14.8. The van der Waals surface area contributed by atoms with Crippen molar-refractivity contribution in [1.82, 2.24) is 20.1 Å². The van der Waals surface area contributed by atoms with E-state index in [1.165, 1.54) is 6.33 Å². The predicted molar refractivity (Wildman–Crippen MR) is 110 cm³/mol. The van der Waals surface area contributed by atoms with Crippen LogP contribution in [0.4, 0.5) is 5.69 Å². The first-order valence-electron chi connectivity index (χ1n) is 9.67. The van der Waals surface area contributed by atoms with E-state index in [0.717, 1.165) is 24.1 Å². The third kappa shape index (κ3) is 4.03. The predicted octanol–water partition coefficient (Wildman–Crippen LogP) is 3.13. The summed E-state index contributed by atoms with van der Waals surface area (Å²) in [5, 5.41) is 7.14. The molecule has 1 atom stereocenters. The van der Waals surface area contributed by atoms with Gasteiger partial charge >= 0.3 is 0 Å². The highest BCUT2D eigenvalue weighted by molar-refractivity contribution is 6.05. The van der Waals surface area contributed by atoms with Gasteiger partial charge < -0.3 is 10.2 Å². The molecule has 2 amide bonds. The Balaban J connectivity index is 1.48. The third-order valence-electron chi connectivity index (χ3n) is 5.19. The molecule has 4 rings (SSSR count). The topological polar surface area (TPSA) is 80.1 Å². The molecular formula is C22H23N5O2. The van der Waals surface area contributed by atoms with E-state index in [4.69, 9.17) is 0 Å². The monoisotopic (exact) mass is 389 g/mol. The normalized spacial score (nSPS) is 14.3. The molecule has 1 saturated carbocycles. The van der Waals surface area contributed by atoms with Crippen molar-refractivity contribution in [3.8, 4) is 5.69 Å². The van der Waals surface area contributed by atoms with E-state index in [2.05, 4.69) is 15.4 Å². The van der Waals surface area contributed by atoms with Crippen molar-refractivity contribution in [2.45, 2.75) is 25.8 Å². The van der Waals surface area contributed by atoms with E-state index in [1.54, 1.807) is 29.0 Å². The molecule has 1 fully saturated rings. The van der Waals surface area contributed by atoms with Gasteiger partial charge in [0.25, 0.3) is 5.91 Å². The Morgan fingerprint density at radius 2 is 1.86 bits per heavy atom. The molecule has 0 saturated heterocycles. The Kier molecular flexibility index (Phi) is 5.12. The highest BCUT2D eigenvalue weighted by atomic mass is 16.2. The van der Waals surface area contributed by atoms with Crippen LogP contribution in [0.15, 0.2) is 61.2 Å².